The second kappa shape index (κ2) is 5.26. The summed E-state index contributed by atoms with van der Waals surface area (Å²) in [6.07, 6.45) is 1.52. The van der Waals surface area contributed by atoms with Gasteiger partial charge in [-0.05, 0) is 30.9 Å². The number of hydrogen-bond acceptors (Lipinski definition) is 3. The van der Waals surface area contributed by atoms with Crippen LogP contribution in [0.15, 0.2) is 18.2 Å². The van der Waals surface area contributed by atoms with Crippen molar-refractivity contribution in [2.45, 2.75) is 18.9 Å². The summed E-state index contributed by atoms with van der Waals surface area (Å²) < 4.78 is 18.6. The lowest BCUT2D eigenvalue weighted by Gasteiger charge is -2.14. The molecule has 2 rings (SSSR count). The zero-order valence-electron chi connectivity index (χ0n) is 10.4. The lowest BCUT2D eigenvalue weighted by Crippen LogP contribution is -2.42. The monoisotopic (exact) mass is 267 g/mol. The molecule has 1 aliphatic carbocycles. The molecule has 0 bridgehead atoms. The first-order chi connectivity index (χ1) is 9.04. The van der Waals surface area contributed by atoms with E-state index in [0.29, 0.717) is 0 Å². The summed E-state index contributed by atoms with van der Waals surface area (Å²) in [5.41, 5.74) is -0.216. The van der Waals surface area contributed by atoms with Crippen molar-refractivity contribution in [2.24, 2.45) is 5.92 Å². The van der Waals surface area contributed by atoms with Crippen LogP contribution in [0.5, 0.6) is 5.75 Å². The van der Waals surface area contributed by atoms with Crippen LogP contribution in [-0.4, -0.2) is 30.1 Å². The SMILES string of the molecule is COc1cccc(C(=O)NC(C(=O)O)C2CC2)c1F. The number of ether oxygens (including phenoxy) is 1. The molecule has 19 heavy (non-hydrogen) atoms. The second-order valence-electron chi connectivity index (χ2n) is 4.45. The van der Waals surface area contributed by atoms with Gasteiger partial charge in [-0.3, -0.25) is 4.79 Å². The average molecular weight is 267 g/mol. The molecule has 1 aromatic carbocycles. The maximum atomic E-state index is 13.9. The summed E-state index contributed by atoms with van der Waals surface area (Å²) in [4.78, 5) is 22.9. The van der Waals surface area contributed by atoms with Gasteiger partial charge >= 0.3 is 5.97 Å². The van der Waals surface area contributed by atoms with Crippen molar-refractivity contribution in [2.75, 3.05) is 7.11 Å². The van der Waals surface area contributed by atoms with Crippen LogP contribution in [0.25, 0.3) is 0 Å². The fourth-order valence-corrected chi connectivity index (χ4v) is 1.87. The Bertz CT molecular complexity index is 513. The van der Waals surface area contributed by atoms with Crippen LogP contribution in [0.3, 0.4) is 0 Å². The predicted octanol–water partition coefficient (Wildman–Crippen LogP) is 1.43. The highest BCUT2D eigenvalue weighted by atomic mass is 19.1. The van der Waals surface area contributed by atoms with Gasteiger partial charge in [0.2, 0.25) is 0 Å². The minimum absolute atomic E-state index is 0.0500. The Morgan fingerprint density at radius 2 is 2.16 bits per heavy atom. The Morgan fingerprint density at radius 3 is 2.68 bits per heavy atom. The number of hydrogen-bond donors (Lipinski definition) is 2. The Kier molecular flexibility index (Phi) is 3.69. The summed E-state index contributed by atoms with van der Waals surface area (Å²) >= 11 is 0. The maximum Gasteiger partial charge on any atom is 0.326 e. The molecular weight excluding hydrogens is 253 g/mol. The molecule has 1 fully saturated rings. The fraction of sp³-hybridized carbons (Fsp3) is 0.385. The highest BCUT2D eigenvalue weighted by Crippen LogP contribution is 2.33. The first-order valence-electron chi connectivity index (χ1n) is 5.90. The molecule has 1 unspecified atom stereocenters. The van der Waals surface area contributed by atoms with Crippen molar-refractivity contribution < 1.29 is 23.8 Å². The largest absolute Gasteiger partial charge is 0.494 e. The van der Waals surface area contributed by atoms with Gasteiger partial charge in [-0.1, -0.05) is 6.07 Å². The van der Waals surface area contributed by atoms with Crippen LogP contribution in [0.1, 0.15) is 23.2 Å². The van der Waals surface area contributed by atoms with Crippen LogP contribution in [0.2, 0.25) is 0 Å². The molecular formula is C13H14FNO4. The van der Waals surface area contributed by atoms with E-state index in [1.54, 1.807) is 0 Å². The minimum atomic E-state index is -1.10. The molecule has 2 N–H and O–H groups in total. The number of carbonyl (C=O) groups excluding carboxylic acids is 1. The van der Waals surface area contributed by atoms with Gasteiger partial charge in [0, 0.05) is 0 Å². The van der Waals surface area contributed by atoms with Crippen molar-refractivity contribution in [3.8, 4) is 5.75 Å². The normalized spacial score (nSPS) is 15.7. The zero-order valence-corrected chi connectivity index (χ0v) is 10.4. The van der Waals surface area contributed by atoms with E-state index in [0.717, 1.165) is 12.8 Å². The fourth-order valence-electron chi connectivity index (χ4n) is 1.87. The molecule has 1 aliphatic rings. The molecule has 1 aromatic rings. The molecule has 6 heteroatoms. The molecule has 1 saturated carbocycles. The van der Waals surface area contributed by atoms with Crippen molar-refractivity contribution in [1.82, 2.24) is 5.32 Å². The average Bonchev–Trinajstić information content (AvgIpc) is 3.19. The molecule has 0 heterocycles. The van der Waals surface area contributed by atoms with Gasteiger partial charge in [-0.25, -0.2) is 9.18 Å². The lowest BCUT2D eigenvalue weighted by molar-refractivity contribution is -0.139. The lowest BCUT2D eigenvalue weighted by atomic mass is 10.1. The molecule has 0 aliphatic heterocycles. The summed E-state index contributed by atoms with van der Waals surface area (Å²) in [6.45, 7) is 0. The van der Waals surface area contributed by atoms with Gasteiger partial charge in [0.15, 0.2) is 11.6 Å². The molecule has 0 aromatic heterocycles. The highest BCUT2D eigenvalue weighted by Gasteiger charge is 2.37. The molecule has 1 atom stereocenters. The molecule has 102 valence electrons. The molecule has 0 saturated heterocycles. The quantitative estimate of drug-likeness (QED) is 0.846. The van der Waals surface area contributed by atoms with E-state index in [1.807, 2.05) is 0 Å². The number of aliphatic carboxylic acids is 1. The number of amides is 1. The van der Waals surface area contributed by atoms with Crippen LogP contribution < -0.4 is 10.1 Å². The zero-order chi connectivity index (χ0) is 14.0. The van der Waals surface area contributed by atoms with Gasteiger partial charge in [0.1, 0.15) is 6.04 Å². The topological polar surface area (TPSA) is 75.6 Å². The van der Waals surface area contributed by atoms with Crippen LogP contribution >= 0.6 is 0 Å². The minimum Gasteiger partial charge on any atom is -0.494 e. The van der Waals surface area contributed by atoms with E-state index in [9.17, 15) is 14.0 Å². The Balaban J connectivity index is 2.17. The number of nitrogens with one attached hydrogen (secondary N) is 1. The van der Waals surface area contributed by atoms with Gasteiger partial charge < -0.3 is 15.2 Å². The van der Waals surface area contributed by atoms with E-state index in [1.165, 1.54) is 25.3 Å². The number of carboxylic acids is 1. The van der Waals surface area contributed by atoms with Crippen LogP contribution in [-0.2, 0) is 4.79 Å². The Hall–Kier alpha value is -2.11. The van der Waals surface area contributed by atoms with Gasteiger partial charge in [-0.2, -0.15) is 0 Å². The number of methoxy groups -OCH3 is 1. The third-order valence-corrected chi connectivity index (χ3v) is 3.07. The summed E-state index contributed by atoms with van der Waals surface area (Å²) in [5, 5.41) is 11.4. The summed E-state index contributed by atoms with van der Waals surface area (Å²) in [7, 11) is 1.30. The smallest absolute Gasteiger partial charge is 0.326 e. The van der Waals surface area contributed by atoms with Crippen LogP contribution in [0.4, 0.5) is 4.39 Å². The van der Waals surface area contributed by atoms with E-state index in [4.69, 9.17) is 9.84 Å². The molecule has 0 spiro atoms. The number of carboxylic acid groups (broad SMARTS) is 1. The van der Waals surface area contributed by atoms with E-state index < -0.39 is 23.7 Å². The number of rotatable bonds is 5. The van der Waals surface area contributed by atoms with E-state index >= 15 is 0 Å². The predicted molar refractivity (Wildman–Crippen MR) is 64.6 cm³/mol. The number of carbonyl (C=O) groups is 2. The Labute approximate surface area is 109 Å². The highest BCUT2D eigenvalue weighted by molar-refractivity contribution is 5.97. The van der Waals surface area contributed by atoms with Crippen molar-refractivity contribution in [3.05, 3.63) is 29.6 Å². The van der Waals surface area contributed by atoms with Crippen molar-refractivity contribution in [1.29, 1.82) is 0 Å². The van der Waals surface area contributed by atoms with Crippen LogP contribution in [0, 0.1) is 11.7 Å². The number of halogens is 1. The molecule has 5 nitrogen and oxygen atoms in total. The molecule has 1 amide bonds. The van der Waals surface area contributed by atoms with E-state index in [-0.39, 0.29) is 17.2 Å². The number of benzene rings is 1. The molecule has 0 radical (unpaired) electrons. The summed E-state index contributed by atoms with van der Waals surface area (Å²) in [6, 6.07) is 3.20. The first kappa shape index (κ1) is 13.3. The third-order valence-electron chi connectivity index (χ3n) is 3.07. The van der Waals surface area contributed by atoms with Crippen molar-refractivity contribution >= 4 is 11.9 Å². The van der Waals surface area contributed by atoms with Gasteiger partial charge in [0.05, 0.1) is 12.7 Å². The maximum absolute atomic E-state index is 13.9. The Morgan fingerprint density at radius 1 is 1.47 bits per heavy atom. The van der Waals surface area contributed by atoms with Crippen molar-refractivity contribution in [3.63, 3.8) is 0 Å². The van der Waals surface area contributed by atoms with Gasteiger partial charge in [0.25, 0.3) is 5.91 Å². The second-order valence-corrected chi connectivity index (χ2v) is 4.45. The van der Waals surface area contributed by atoms with E-state index in [2.05, 4.69) is 5.32 Å². The summed E-state index contributed by atoms with van der Waals surface area (Å²) in [5.74, 6) is -2.74. The standard InChI is InChI=1S/C13H14FNO4/c1-19-9-4-2-3-8(10(9)14)12(16)15-11(13(17)18)7-5-6-7/h2-4,7,11H,5-6H2,1H3,(H,15,16)(H,17,18). The third kappa shape index (κ3) is 2.83. The van der Waals surface area contributed by atoms with Gasteiger partial charge in [-0.15, -0.1) is 0 Å². The first-order valence-corrected chi connectivity index (χ1v) is 5.90.